The molecule has 54 heavy (non-hydrogen) atoms. The predicted molar refractivity (Wildman–Crippen MR) is 221 cm³/mol. The number of hydrogen-bond acceptors (Lipinski definition) is 2. The van der Waals surface area contributed by atoms with Crippen molar-refractivity contribution in [2.45, 2.75) is 5.41 Å². The van der Waals surface area contributed by atoms with Gasteiger partial charge in [0.1, 0.15) is 11.0 Å². The van der Waals surface area contributed by atoms with Gasteiger partial charge in [0.05, 0.1) is 11.1 Å². The van der Waals surface area contributed by atoms with Crippen molar-refractivity contribution in [2.24, 2.45) is 0 Å². The summed E-state index contributed by atoms with van der Waals surface area (Å²) in [7, 11) is 0. The fourth-order valence-corrected chi connectivity index (χ4v) is 9.50. The van der Waals surface area contributed by atoms with Gasteiger partial charge in [0.25, 0.3) is 0 Å². The summed E-state index contributed by atoms with van der Waals surface area (Å²) in [5, 5.41) is 14.5. The predicted octanol–water partition coefficient (Wildman–Crippen LogP) is 12.4. The van der Waals surface area contributed by atoms with Gasteiger partial charge in [-0.25, -0.2) is 0 Å². The molecule has 0 radical (unpaired) electrons. The highest BCUT2D eigenvalue weighted by molar-refractivity contribution is 6.19. The third kappa shape index (κ3) is 3.96. The van der Waals surface area contributed by atoms with Gasteiger partial charge in [-0.15, -0.1) is 10.2 Å². The van der Waals surface area contributed by atoms with Crippen molar-refractivity contribution in [2.75, 3.05) is 0 Å². The van der Waals surface area contributed by atoms with E-state index in [0.717, 1.165) is 27.5 Å². The zero-order valence-electron chi connectivity index (χ0n) is 29.2. The fraction of sp³-hybridized carbons (Fsp3) is 0.0196. The number of fused-ring (bicyclic) bond motifs is 15. The van der Waals surface area contributed by atoms with Gasteiger partial charge in [-0.05, 0) is 113 Å². The largest absolute Gasteiger partial charge is 0.150 e. The van der Waals surface area contributed by atoms with Gasteiger partial charge in [-0.2, -0.15) is 4.80 Å². The monoisotopic (exact) mass is 685 g/mol. The van der Waals surface area contributed by atoms with Crippen LogP contribution in [0.3, 0.4) is 0 Å². The maximum absolute atomic E-state index is 5.00. The van der Waals surface area contributed by atoms with E-state index in [0.29, 0.717) is 0 Å². The SMILES string of the molecule is c1ccc(-n2nc3ccc4ccc5ccc(-c6ccc(-c7ccc8c(c7)C7(c9ccccc9-c9ccccc97)c7ccccc7-8)cc6)cc5c4c3n2)cc1. The molecule has 1 spiro atoms. The van der Waals surface area contributed by atoms with E-state index in [9.17, 15) is 0 Å². The van der Waals surface area contributed by atoms with E-state index in [1.54, 1.807) is 4.80 Å². The molecular weight excluding hydrogens is 655 g/mol. The molecule has 0 fully saturated rings. The van der Waals surface area contributed by atoms with Crippen molar-refractivity contribution in [1.82, 2.24) is 15.0 Å². The van der Waals surface area contributed by atoms with Crippen LogP contribution in [0, 0.1) is 0 Å². The Morgan fingerprint density at radius 3 is 1.54 bits per heavy atom. The zero-order valence-corrected chi connectivity index (χ0v) is 29.2. The number of aromatic nitrogens is 3. The number of hydrogen-bond donors (Lipinski definition) is 0. The quantitative estimate of drug-likeness (QED) is 0.173. The highest BCUT2D eigenvalue weighted by Crippen LogP contribution is 2.63. The number of rotatable bonds is 3. The second-order valence-corrected chi connectivity index (χ2v) is 14.6. The summed E-state index contributed by atoms with van der Waals surface area (Å²) in [6.45, 7) is 0. The van der Waals surface area contributed by atoms with Gasteiger partial charge < -0.3 is 0 Å². The average Bonchev–Trinajstić information content (AvgIpc) is 3.91. The Hall–Kier alpha value is -7.10. The molecule has 3 nitrogen and oxygen atoms in total. The molecule has 0 bridgehead atoms. The molecule has 2 aliphatic rings. The van der Waals surface area contributed by atoms with Crippen molar-refractivity contribution in [3.8, 4) is 50.2 Å². The number of nitrogens with zero attached hydrogens (tertiary/aromatic N) is 3. The van der Waals surface area contributed by atoms with Crippen LogP contribution in [0.1, 0.15) is 22.3 Å². The van der Waals surface area contributed by atoms with Crippen molar-refractivity contribution >= 4 is 32.6 Å². The van der Waals surface area contributed by atoms with Gasteiger partial charge >= 0.3 is 0 Å². The Labute approximate surface area is 312 Å². The highest BCUT2D eigenvalue weighted by atomic mass is 15.5. The molecule has 2 aliphatic carbocycles. The Morgan fingerprint density at radius 2 is 0.870 bits per heavy atom. The molecule has 1 heterocycles. The maximum atomic E-state index is 5.00. The Kier molecular flexibility index (Phi) is 5.98. The molecule has 1 aromatic heterocycles. The van der Waals surface area contributed by atoms with E-state index < -0.39 is 0 Å². The van der Waals surface area contributed by atoms with Gasteiger partial charge in [-0.1, -0.05) is 158 Å². The number of para-hydroxylation sites is 1. The van der Waals surface area contributed by atoms with Crippen molar-refractivity contribution < 1.29 is 0 Å². The molecule has 9 aromatic carbocycles. The van der Waals surface area contributed by atoms with Gasteiger partial charge in [0.15, 0.2) is 0 Å². The van der Waals surface area contributed by atoms with Crippen LogP contribution in [0.5, 0.6) is 0 Å². The molecule has 250 valence electrons. The molecule has 0 N–H and O–H groups in total. The lowest BCUT2D eigenvalue weighted by molar-refractivity contribution is 0.766. The fourth-order valence-electron chi connectivity index (χ4n) is 9.50. The second-order valence-electron chi connectivity index (χ2n) is 14.6. The lowest BCUT2D eigenvalue weighted by atomic mass is 9.70. The Balaban J connectivity index is 0.975. The molecule has 12 rings (SSSR count). The maximum Gasteiger partial charge on any atom is 0.122 e. The first-order valence-corrected chi connectivity index (χ1v) is 18.6. The summed E-state index contributed by atoms with van der Waals surface area (Å²) in [6, 6.07) is 68.7. The number of benzene rings is 9. The Morgan fingerprint density at radius 1 is 0.370 bits per heavy atom. The minimum atomic E-state index is -0.346. The van der Waals surface area contributed by atoms with Crippen molar-refractivity contribution in [3.63, 3.8) is 0 Å². The van der Waals surface area contributed by atoms with Gasteiger partial charge in [0, 0.05) is 5.39 Å². The smallest absolute Gasteiger partial charge is 0.122 e. The second kappa shape index (κ2) is 11.0. The summed E-state index contributed by atoms with van der Waals surface area (Å²) in [4.78, 5) is 1.75. The van der Waals surface area contributed by atoms with E-state index in [4.69, 9.17) is 10.2 Å². The van der Waals surface area contributed by atoms with Crippen LogP contribution in [0.25, 0.3) is 82.8 Å². The standard InChI is InChI=1S/C51H31N3/c1-2-10-38(11-3-1)54-52-48-29-27-35-24-22-34-23-25-36(30-43(34)49(35)50(48)53-54)32-18-20-33(21-19-32)37-26-28-42-41-14-6-9-17-46(41)51(47(42)31-37)44-15-7-4-12-39(44)40-13-5-8-16-45(40)51/h1-31H. The first kappa shape index (κ1) is 29.5. The Bertz CT molecular complexity index is 3090. The summed E-state index contributed by atoms with van der Waals surface area (Å²) >= 11 is 0. The minimum Gasteiger partial charge on any atom is -0.150 e. The highest BCUT2D eigenvalue weighted by Gasteiger charge is 2.51. The molecule has 0 unspecified atom stereocenters. The lowest BCUT2D eigenvalue weighted by Gasteiger charge is -2.30. The molecule has 0 amide bonds. The molecule has 0 aliphatic heterocycles. The van der Waals surface area contributed by atoms with Crippen LogP contribution >= 0.6 is 0 Å². The van der Waals surface area contributed by atoms with Crippen LogP contribution < -0.4 is 0 Å². The third-order valence-electron chi connectivity index (χ3n) is 11.9. The van der Waals surface area contributed by atoms with E-state index in [2.05, 4.69) is 158 Å². The summed E-state index contributed by atoms with van der Waals surface area (Å²) in [5.41, 5.74) is 18.0. The van der Waals surface area contributed by atoms with E-state index in [1.807, 2.05) is 30.3 Å². The van der Waals surface area contributed by atoms with Crippen LogP contribution in [0.15, 0.2) is 188 Å². The van der Waals surface area contributed by atoms with Gasteiger partial charge in [0.2, 0.25) is 0 Å². The van der Waals surface area contributed by atoms with Gasteiger partial charge in [-0.3, -0.25) is 0 Å². The first-order valence-electron chi connectivity index (χ1n) is 18.6. The minimum absolute atomic E-state index is 0.346. The molecule has 0 saturated heterocycles. The molecule has 0 saturated carbocycles. The van der Waals surface area contributed by atoms with Crippen LogP contribution in [0.4, 0.5) is 0 Å². The van der Waals surface area contributed by atoms with Crippen LogP contribution in [-0.2, 0) is 5.41 Å². The topological polar surface area (TPSA) is 30.7 Å². The van der Waals surface area contributed by atoms with E-state index >= 15 is 0 Å². The van der Waals surface area contributed by atoms with Crippen molar-refractivity contribution in [1.29, 1.82) is 0 Å². The first-order chi connectivity index (χ1) is 26.8. The van der Waals surface area contributed by atoms with E-state index in [1.165, 1.54) is 77.5 Å². The van der Waals surface area contributed by atoms with Crippen LogP contribution in [-0.4, -0.2) is 15.0 Å². The third-order valence-corrected chi connectivity index (χ3v) is 11.9. The molecule has 3 heteroatoms. The van der Waals surface area contributed by atoms with Crippen molar-refractivity contribution in [3.05, 3.63) is 210 Å². The van der Waals surface area contributed by atoms with E-state index in [-0.39, 0.29) is 5.41 Å². The summed E-state index contributed by atoms with van der Waals surface area (Å²) in [6.07, 6.45) is 0. The van der Waals surface area contributed by atoms with Crippen LogP contribution in [0.2, 0.25) is 0 Å². The lowest BCUT2D eigenvalue weighted by Crippen LogP contribution is -2.25. The molecular formula is C51H31N3. The summed E-state index contributed by atoms with van der Waals surface area (Å²) in [5.74, 6) is 0. The average molecular weight is 686 g/mol. The molecule has 10 aromatic rings. The molecule has 0 atom stereocenters. The zero-order chi connectivity index (χ0) is 35.4. The normalized spacial score (nSPS) is 13.3. The summed E-state index contributed by atoms with van der Waals surface area (Å²) < 4.78 is 0.